The van der Waals surface area contributed by atoms with Crippen LogP contribution in [0.25, 0.3) is 11.1 Å². The van der Waals surface area contributed by atoms with Crippen molar-refractivity contribution in [2.24, 2.45) is 0 Å². The first-order chi connectivity index (χ1) is 11.7. The minimum absolute atomic E-state index is 0.161. The Labute approximate surface area is 142 Å². The van der Waals surface area contributed by atoms with Gasteiger partial charge in [-0.05, 0) is 25.0 Å². The van der Waals surface area contributed by atoms with Crippen LogP contribution in [0.4, 0.5) is 0 Å². The van der Waals surface area contributed by atoms with Crippen molar-refractivity contribution < 1.29 is 19.0 Å². The Morgan fingerprint density at radius 3 is 2.54 bits per heavy atom. The van der Waals surface area contributed by atoms with Gasteiger partial charge in [0.1, 0.15) is 0 Å². The summed E-state index contributed by atoms with van der Waals surface area (Å²) in [4.78, 5) is 12.7. The van der Waals surface area contributed by atoms with E-state index in [0.717, 1.165) is 16.7 Å². The molecule has 0 radical (unpaired) electrons. The number of hydrogen-bond donors (Lipinski definition) is 0. The molecule has 0 aromatic heterocycles. The zero-order valence-corrected chi connectivity index (χ0v) is 14.1. The van der Waals surface area contributed by atoms with E-state index in [1.54, 1.807) is 6.92 Å². The number of hydrogen-bond acceptors (Lipinski definition) is 4. The summed E-state index contributed by atoms with van der Waals surface area (Å²) in [5, 5.41) is 0. The molecular formula is C20H22O4. The van der Waals surface area contributed by atoms with Gasteiger partial charge in [0.05, 0.1) is 26.4 Å². The molecule has 3 rings (SSSR count). The Kier molecular flexibility index (Phi) is 4.97. The van der Waals surface area contributed by atoms with Gasteiger partial charge < -0.3 is 14.2 Å². The summed E-state index contributed by atoms with van der Waals surface area (Å²) in [6.07, 6.45) is 0. The Bertz CT molecular complexity index is 700. The number of esters is 1. The molecular weight excluding hydrogens is 304 g/mol. The summed E-state index contributed by atoms with van der Waals surface area (Å²) in [6, 6.07) is 16.0. The summed E-state index contributed by atoms with van der Waals surface area (Å²) in [6.45, 7) is 5.15. The predicted octanol–water partition coefficient (Wildman–Crippen LogP) is 3.47. The van der Waals surface area contributed by atoms with Crippen molar-refractivity contribution in [1.29, 1.82) is 0 Å². The van der Waals surface area contributed by atoms with Crippen molar-refractivity contribution in [1.82, 2.24) is 0 Å². The minimum Gasteiger partial charge on any atom is -0.464 e. The lowest BCUT2D eigenvalue weighted by molar-refractivity contribution is -0.202. The monoisotopic (exact) mass is 326 g/mol. The highest BCUT2D eigenvalue weighted by Gasteiger charge is 2.46. The molecule has 1 atom stereocenters. The van der Waals surface area contributed by atoms with Gasteiger partial charge >= 0.3 is 5.97 Å². The maximum Gasteiger partial charge on any atom is 0.345 e. The third kappa shape index (κ3) is 3.07. The molecule has 0 bridgehead atoms. The molecule has 4 heteroatoms. The van der Waals surface area contributed by atoms with E-state index in [2.05, 4.69) is 24.3 Å². The molecule has 0 N–H and O–H groups in total. The van der Waals surface area contributed by atoms with Crippen molar-refractivity contribution in [3.8, 4) is 11.1 Å². The first-order valence-electron chi connectivity index (χ1n) is 8.23. The minimum atomic E-state index is -1.21. The molecule has 1 fully saturated rings. The molecule has 0 aliphatic carbocycles. The average molecular weight is 326 g/mol. The molecule has 1 unspecified atom stereocenters. The smallest absolute Gasteiger partial charge is 0.345 e. The highest BCUT2D eigenvalue weighted by Crippen LogP contribution is 2.37. The van der Waals surface area contributed by atoms with Gasteiger partial charge in [0.2, 0.25) is 5.60 Å². The lowest BCUT2D eigenvalue weighted by Gasteiger charge is -2.36. The maximum absolute atomic E-state index is 12.7. The zero-order valence-electron chi connectivity index (χ0n) is 14.1. The summed E-state index contributed by atoms with van der Waals surface area (Å²) >= 11 is 0. The Morgan fingerprint density at radius 1 is 1.12 bits per heavy atom. The highest BCUT2D eigenvalue weighted by atomic mass is 16.6. The maximum atomic E-state index is 12.7. The Balaban J connectivity index is 2.11. The number of aryl methyl sites for hydroxylation is 1. The molecule has 0 saturated carbocycles. The molecule has 0 spiro atoms. The number of carbonyl (C=O) groups is 1. The predicted molar refractivity (Wildman–Crippen MR) is 91.7 cm³/mol. The number of benzene rings is 2. The topological polar surface area (TPSA) is 44.8 Å². The van der Waals surface area contributed by atoms with Gasteiger partial charge in [-0.3, -0.25) is 0 Å². The summed E-state index contributed by atoms with van der Waals surface area (Å²) in [5.41, 5.74) is 2.75. The van der Waals surface area contributed by atoms with Gasteiger partial charge in [-0.1, -0.05) is 54.1 Å². The fourth-order valence-electron chi connectivity index (χ4n) is 2.98. The molecule has 126 valence electrons. The number of ether oxygens (including phenoxy) is 3. The van der Waals surface area contributed by atoms with Gasteiger partial charge in [-0.25, -0.2) is 4.79 Å². The van der Waals surface area contributed by atoms with Crippen LogP contribution in [0.2, 0.25) is 0 Å². The molecule has 1 aliphatic heterocycles. The van der Waals surface area contributed by atoms with Crippen LogP contribution in [-0.4, -0.2) is 32.4 Å². The molecule has 24 heavy (non-hydrogen) atoms. The fraction of sp³-hybridized carbons (Fsp3) is 0.350. The van der Waals surface area contributed by atoms with E-state index in [-0.39, 0.29) is 6.61 Å². The van der Waals surface area contributed by atoms with Gasteiger partial charge in [-0.2, -0.15) is 0 Å². The van der Waals surface area contributed by atoms with E-state index >= 15 is 0 Å². The summed E-state index contributed by atoms with van der Waals surface area (Å²) < 4.78 is 16.8. The SMILES string of the molecule is CCOC(=O)C1(c2ccccc2-c2ccc(C)cc2)COCCO1. The van der Waals surface area contributed by atoms with E-state index < -0.39 is 11.6 Å². The first kappa shape index (κ1) is 16.7. The van der Waals surface area contributed by atoms with Crippen molar-refractivity contribution in [3.05, 3.63) is 59.7 Å². The quantitative estimate of drug-likeness (QED) is 0.807. The van der Waals surface area contributed by atoms with E-state index in [4.69, 9.17) is 14.2 Å². The van der Waals surface area contributed by atoms with Crippen LogP contribution < -0.4 is 0 Å². The lowest BCUT2D eigenvalue weighted by atomic mass is 9.86. The van der Waals surface area contributed by atoms with E-state index in [1.165, 1.54) is 5.56 Å². The number of carbonyl (C=O) groups excluding carboxylic acids is 1. The van der Waals surface area contributed by atoms with Crippen LogP contribution in [0.5, 0.6) is 0 Å². The van der Waals surface area contributed by atoms with Crippen LogP contribution in [0, 0.1) is 6.92 Å². The van der Waals surface area contributed by atoms with E-state index in [9.17, 15) is 4.79 Å². The largest absolute Gasteiger partial charge is 0.464 e. The van der Waals surface area contributed by atoms with Crippen LogP contribution >= 0.6 is 0 Å². The lowest BCUT2D eigenvalue weighted by Crippen LogP contribution is -2.48. The van der Waals surface area contributed by atoms with Crippen molar-refractivity contribution in [3.63, 3.8) is 0 Å². The second kappa shape index (κ2) is 7.16. The van der Waals surface area contributed by atoms with Gasteiger partial charge in [0.25, 0.3) is 0 Å². The first-order valence-corrected chi connectivity index (χ1v) is 8.23. The Hall–Kier alpha value is -2.17. The van der Waals surface area contributed by atoms with Crippen LogP contribution in [-0.2, 0) is 24.6 Å². The molecule has 4 nitrogen and oxygen atoms in total. The van der Waals surface area contributed by atoms with Crippen LogP contribution in [0.15, 0.2) is 48.5 Å². The molecule has 2 aromatic rings. The van der Waals surface area contributed by atoms with Gasteiger partial charge in [0, 0.05) is 5.56 Å². The molecule has 1 aliphatic rings. The Morgan fingerprint density at radius 2 is 1.88 bits per heavy atom. The second-order valence-corrected chi connectivity index (χ2v) is 5.86. The third-order valence-corrected chi connectivity index (χ3v) is 4.21. The van der Waals surface area contributed by atoms with E-state index in [1.807, 2.05) is 31.2 Å². The fourth-order valence-corrected chi connectivity index (χ4v) is 2.98. The highest BCUT2D eigenvalue weighted by molar-refractivity contribution is 5.85. The molecule has 1 heterocycles. The van der Waals surface area contributed by atoms with Gasteiger partial charge in [0.15, 0.2) is 0 Å². The number of rotatable bonds is 4. The summed E-state index contributed by atoms with van der Waals surface area (Å²) in [7, 11) is 0. The van der Waals surface area contributed by atoms with Crippen molar-refractivity contribution >= 4 is 5.97 Å². The average Bonchev–Trinajstić information content (AvgIpc) is 2.63. The molecule has 2 aromatic carbocycles. The zero-order chi connectivity index (χ0) is 17.0. The third-order valence-electron chi connectivity index (χ3n) is 4.21. The molecule has 1 saturated heterocycles. The van der Waals surface area contributed by atoms with E-state index in [0.29, 0.717) is 19.8 Å². The van der Waals surface area contributed by atoms with Crippen LogP contribution in [0.3, 0.4) is 0 Å². The van der Waals surface area contributed by atoms with Crippen molar-refractivity contribution in [2.45, 2.75) is 19.4 Å². The summed E-state index contributed by atoms with van der Waals surface area (Å²) in [5.74, 6) is -0.399. The second-order valence-electron chi connectivity index (χ2n) is 5.86. The van der Waals surface area contributed by atoms with Crippen molar-refractivity contribution in [2.75, 3.05) is 26.4 Å². The normalized spacial score (nSPS) is 20.6. The molecule has 0 amide bonds. The van der Waals surface area contributed by atoms with Crippen LogP contribution in [0.1, 0.15) is 18.1 Å². The standard InChI is InChI=1S/C20H22O4/c1-3-23-19(21)20(14-22-12-13-24-20)18-7-5-4-6-17(18)16-10-8-15(2)9-11-16/h4-11H,3,12-14H2,1-2H3. The van der Waals surface area contributed by atoms with Gasteiger partial charge in [-0.15, -0.1) is 0 Å².